The molecule has 1 amide bonds. The molecule has 2 rings (SSSR count). The Bertz CT molecular complexity index is 489. The first-order valence-corrected chi connectivity index (χ1v) is 5.33. The van der Waals surface area contributed by atoms with Crippen molar-refractivity contribution in [3.05, 3.63) is 54.1 Å². The van der Waals surface area contributed by atoms with E-state index in [1.54, 1.807) is 12.1 Å². The molecule has 2 aromatic rings. The normalized spacial score (nSPS) is 9.71. The van der Waals surface area contributed by atoms with Crippen LogP contribution in [0, 0.1) is 6.92 Å². The molecule has 2 aromatic carbocycles. The van der Waals surface area contributed by atoms with Gasteiger partial charge in [0.05, 0.1) is 0 Å². The van der Waals surface area contributed by atoms with Crippen molar-refractivity contribution in [1.82, 2.24) is 0 Å². The van der Waals surface area contributed by atoms with Gasteiger partial charge in [-0.25, -0.2) is 0 Å². The van der Waals surface area contributed by atoms with Crippen molar-refractivity contribution in [1.29, 1.82) is 0 Å². The molecule has 17 heavy (non-hydrogen) atoms. The number of amides is 1. The zero-order valence-corrected chi connectivity index (χ0v) is 9.51. The third kappa shape index (κ3) is 3.08. The highest BCUT2D eigenvalue weighted by atomic mass is 16.5. The number of ether oxygens (including phenoxy) is 1. The van der Waals surface area contributed by atoms with Gasteiger partial charge in [-0.05, 0) is 43.3 Å². The van der Waals surface area contributed by atoms with Crippen LogP contribution < -0.4 is 10.1 Å². The molecule has 0 fully saturated rings. The van der Waals surface area contributed by atoms with Crippen molar-refractivity contribution in [2.75, 3.05) is 5.32 Å². The Balaban J connectivity index is 2.08. The lowest BCUT2D eigenvalue weighted by Gasteiger charge is -2.06. The van der Waals surface area contributed by atoms with Crippen LogP contribution in [0.25, 0.3) is 0 Å². The molecule has 0 aliphatic carbocycles. The first-order chi connectivity index (χ1) is 8.28. The van der Waals surface area contributed by atoms with E-state index in [-0.39, 0.29) is 0 Å². The Labute approximate surface area is 100 Å². The highest BCUT2D eigenvalue weighted by Gasteiger charge is 1.97. The molecule has 0 heterocycles. The van der Waals surface area contributed by atoms with Gasteiger partial charge in [-0.1, -0.05) is 17.7 Å². The second-order valence-electron chi connectivity index (χ2n) is 3.70. The summed E-state index contributed by atoms with van der Waals surface area (Å²) in [4.78, 5) is 10.2. The predicted molar refractivity (Wildman–Crippen MR) is 67.4 cm³/mol. The van der Waals surface area contributed by atoms with Gasteiger partial charge in [0.15, 0.2) is 0 Å². The summed E-state index contributed by atoms with van der Waals surface area (Å²) in [5.41, 5.74) is 1.94. The van der Waals surface area contributed by atoms with E-state index in [1.807, 2.05) is 43.3 Å². The van der Waals surface area contributed by atoms with Crippen LogP contribution in [0.15, 0.2) is 48.5 Å². The van der Waals surface area contributed by atoms with Crippen LogP contribution in [0.2, 0.25) is 0 Å². The number of carbonyl (C=O) groups excluding carboxylic acids is 1. The Morgan fingerprint density at radius 2 is 1.47 bits per heavy atom. The van der Waals surface area contributed by atoms with E-state index in [2.05, 4.69) is 5.32 Å². The maximum atomic E-state index is 10.2. The molecule has 0 aromatic heterocycles. The number of hydrogen-bond acceptors (Lipinski definition) is 2. The fraction of sp³-hybridized carbons (Fsp3) is 0.0714. The fourth-order valence-electron chi connectivity index (χ4n) is 1.43. The molecule has 0 spiro atoms. The van der Waals surface area contributed by atoms with Crippen LogP contribution >= 0.6 is 0 Å². The summed E-state index contributed by atoms with van der Waals surface area (Å²) in [6.07, 6.45) is 0.649. The van der Waals surface area contributed by atoms with Crippen molar-refractivity contribution < 1.29 is 9.53 Å². The van der Waals surface area contributed by atoms with Gasteiger partial charge in [-0.3, -0.25) is 4.79 Å². The first-order valence-electron chi connectivity index (χ1n) is 5.33. The molecule has 0 saturated heterocycles. The monoisotopic (exact) mass is 227 g/mol. The molecule has 86 valence electrons. The molecule has 0 radical (unpaired) electrons. The number of rotatable bonds is 4. The number of nitrogens with one attached hydrogen (secondary N) is 1. The molecular weight excluding hydrogens is 214 g/mol. The quantitative estimate of drug-likeness (QED) is 0.813. The average molecular weight is 227 g/mol. The van der Waals surface area contributed by atoms with Gasteiger partial charge in [0.1, 0.15) is 11.5 Å². The van der Waals surface area contributed by atoms with Crippen LogP contribution in [0.4, 0.5) is 5.69 Å². The summed E-state index contributed by atoms with van der Waals surface area (Å²) < 4.78 is 5.65. The molecule has 0 atom stereocenters. The van der Waals surface area contributed by atoms with Crippen molar-refractivity contribution in [2.24, 2.45) is 0 Å². The zero-order valence-electron chi connectivity index (χ0n) is 9.51. The Morgan fingerprint density at radius 3 is 2.00 bits per heavy atom. The van der Waals surface area contributed by atoms with Gasteiger partial charge >= 0.3 is 0 Å². The maximum absolute atomic E-state index is 10.2. The second-order valence-corrected chi connectivity index (χ2v) is 3.70. The van der Waals surface area contributed by atoms with Gasteiger partial charge < -0.3 is 10.1 Å². The van der Waals surface area contributed by atoms with Crippen LogP contribution in [-0.4, -0.2) is 6.41 Å². The summed E-state index contributed by atoms with van der Waals surface area (Å²) in [7, 11) is 0. The second kappa shape index (κ2) is 5.16. The lowest BCUT2D eigenvalue weighted by Crippen LogP contribution is -1.93. The number of benzene rings is 2. The first kappa shape index (κ1) is 11.2. The average Bonchev–Trinajstić information content (AvgIpc) is 2.35. The molecule has 0 unspecified atom stereocenters. The number of aryl methyl sites for hydroxylation is 1. The molecular formula is C14H13NO2. The molecule has 0 aliphatic rings. The van der Waals surface area contributed by atoms with E-state index in [9.17, 15) is 4.79 Å². The van der Waals surface area contributed by atoms with Crippen LogP contribution in [0.1, 0.15) is 5.56 Å². The van der Waals surface area contributed by atoms with Crippen molar-refractivity contribution in [3.8, 4) is 11.5 Å². The summed E-state index contributed by atoms with van der Waals surface area (Å²) in [6, 6.07) is 15.0. The number of hydrogen-bond donors (Lipinski definition) is 1. The van der Waals surface area contributed by atoms with E-state index in [0.717, 1.165) is 17.2 Å². The minimum atomic E-state index is 0.649. The number of carbonyl (C=O) groups is 1. The number of anilines is 1. The van der Waals surface area contributed by atoms with Gasteiger partial charge in [0, 0.05) is 5.69 Å². The fourth-order valence-corrected chi connectivity index (χ4v) is 1.43. The predicted octanol–water partition coefficient (Wildman–Crippen LogP) is 3.36. The molecule has 0 saturated carbocycles. The summed E-state index contributed by atoms with van der Waals surface area (Å²) in [6.45, 7) is 2.03. The molecule has 0 bridgehead atoms. The molecule has 0 aliphatic heterocycles. The maximum Gasteiger partial charge on any atom is 0.211 e. The van der Waals surface area contributed by atoms with Gasteiger partial charge in [-0.15, -0.1) is 0 Å². The molecule has 3 nitrogen and oxygen atoms in total. The minimum absolute atomic E-state index is 0.649. The van der Waals surface area contributed by atoms with Crippen molar-refractivity contribution in [3.63, 3.8) is 0 Å². The minimum Gasteiger partial charge on any atom is -0.457 e. The summed E-state index contributed by atoms with van der Waals surface area (Å²) >= 11 is 0. The topological polar surface area (TPSA) is 38.3 Å². The van der Waals surface area contributed by atoms with E-state index >= 15 is 0 Å². The Hall–Kier alpha value is -2.29. The van der Waals surface area contributed by atoms with Crippen molar-refractivity contribution >= 4 is 12.1 Å². The molecule has 3 heteroatoms. The summed E-state index contributed by atoms with van der Waals surface area (Å²) in [5.74, 6) is 1.54. The van der Waals surface area contributed by atoms with Gasteiger partial charge in [-0.2, -0.15) is 0 Å². The lowest BCUT2D eigenvalue weighted by molar-refractivity contribution is -0.105. The Kier molecular flexibility index (Phi) is 3.40. The largest absolute Gasteiger partial charge is 0.457 e. The molecule has 1 N–H and O–H groups in total. The lowest BCUT2D eigenvalue weighted by atomic mass is 10.2. The summed E-state index contributed by atoms with van der Waals surface area (Å²) in [5, 5.41) is 2.57. The van der Waals surface area contributed by atoms with E-state index < -0.39 is 0 Å². The smallest absolute Gasteiger partial charge is 0.211 e. The highest BCUT2D eigenvalue weighted by molar-refractivity contribution is 5.71. The van der Waals surface area contributed by atoms with Crippen LogP contribution in [0.5, 0.6) is 11.5 Å². The standard InChI is InChI=1S/C14H13NO2/c1-11-2-6-13(7-3-11)17-14-8-4-12(5-9-14)15-10-16/h2-10H,1H3,(H,15,16). The van der Waals surface area contributed by atoms with Crippen LogP contribution in [-0.2, 0) is 4.79 Å². The highest BCUT2D eigenvalue weighted by Crippen LogP contribution is 2.22. The Morgan fingerprint density at radius 1 is 0.941 bits per heavy atom. The third-order valence-corrected chi connectivity index (χ3v) is 2.34. The zero-order chi connectivity index (χ0) is 12.1. The van der Waals surface area contributed by atoms with E-state index in [4.69, 9.17) is 4.74 Å². The van der Waals surface area contributed by atoms with Crippen molar-refractivity contribution in [2.45, 2.75) is 6.92 Å². The third-order valence-electron chi connectivity index (χ3n) is 2.34. The SMILES string of the molecule is Cc1ccc(Oc2ccc(NC=O)cc2)cc1. The van der Waals surface area contributed by atoms with Crippen LogP contribution in [0.3, 0.4) is 0 Å². The van der Waals surface area contributed by atoms with Gasteiger partial charge in [0.25, 0.3) is 0 Å². The van der Waals surface area contributed by atoms with E-state index in [0.29, 0.717) is 6.41 Å². The van der Waals surface area contributed by atoms with E-state index in [1.165, 1.54) is 5.56 Å². The van der Waals surface area contributed by atoms with Gasteiger partial charge in [0.2, 0.25) is 6.41 Å².